The molecule has 0 saturated carbocycles. The van der Waals surface area contributed by atoms with E-state index in [9.17, 15) is 0 Å². The smallest absolute Gasteiger partial charge is 0.184 e. The van der Waals surface area contributed by atoms with Crippen molar-refractivity contribution in [1.82, 2.24) is 10.1 Å². The van der Waals surface area contributed by atoms with Crippen LogP contribution < -0.4 is 0 Å². The topological polar surface area (TPSA) is 60.5 Å². The highest BCUT2D eigenvalue weighted by Crippen LogP contribution is 2.17. The summed E-state index contributed by atoms with van der Waals surface area (Å²) in [5, 5.41) is 7.71. The van der Waals surface area contributed by atoms with Gasteiger partial charge in [-0.25, -0.2) is 0 Å². The van der Waals surface area contributed by atoms with Crippen LogP contribution in [0.2, 0.25) is 0 Å². The van der Waals surface area contributed by atoms with E-state index in [2.05, 4.69) is 20.1 Å². The average molecular weight is 217 g/mol. The van der Waals surface area contributed by atoms with Gasteiger partial charge in [-0.1, -0.05) is 10.3 Å². The van der Waals surface area contributed by atoms with E-state index in [-0.39, 0.29) is 0 Å². The molecule has 0 fully saturated rings. The Morgan fingerprint density at radius 2 is 2.38 bits per heavy atom. The van der Waals surface area contributed by atoms with Crippen LogP contribution in [-0.2, 0) is 4.84 Å². The molecular weight excluding hydrogens is 206 g/mol. The first-order valence-electron chi connectivity index (χ1n) is 4.76. The van der Waals surface area contributed by atoms with Crippen molar-refractivity contribution in [2.24, 2.45) is 5.16 Å². The Labute approximate surface area is 92.7 Å². The lowest BCUT2D eigenvalue weighted by atomic mass is 10.2. The van der Waals surface area contributed by atoms with Gasteiger partial charge in [0.25, 0.3) is 0 Å². The molecule has 2 aromatic rings. The summed E-state index contributed by atoms with van der Waals surface area (Å²) < 4.78 is 5.14. The quantitative estimate of drug-likeness (QED) is 0.583. The summed E-state index contributed by atoms with van der Waals surface area (Å²) in [6.07, 6.45) is 3.44. The highest BCUT2D eigenvalue weighted by atomic mass is 16.6. The maximum atomic E-state index is 5.14. The summed E-state index contributed by atoms with van der Waals surface area (Å²) >= 11 is 0. The van der Waals surface area contributed by atoms with E-state index < -0.39 is 0 Å². The van der Waals surface area contributed by atoms with Crippen molar-refractivity contribution in [3.8, 4) is 11.3 Å². The number of hydrogen-bond donors (Lipinski definition) is 0. The molecule has 16 heavy (non-hydrogen) atoms. The minimum atomic E-state index is 0.584. The zero-order chi connectivity index (χ0) is 11.4. The van der Waals surface area contributed by atoms with Gasteiger partial charge in [0.05, 0.1) is 0 Å². The molecule has 82 valence electrons. The van der Waals surface area contributed by atoms with Gasteiger partial charge in [-0.05, 0) is 19.1 Å². The highest BCUT2D eigenvalue weighted by molar-refractivity contribution is 5.96. The average Bonchev–Trinajstić information content (AvgIpc) is 2.80. The first kappa shape index (κ1) is 10.4. The Kier molecular flexibility index (Phi) is 2.95. The van der Waals surface area contributed by atoms with Crippen molar-refractivity contribution in [2.45, 2.75) is 6.92 Å². The summed E-state index contributed by atoms with van der Waals surface area (Å²) in [6, 6.07) is 5.56. The molecule has 2 rings (SSSR count). The van der Waals surface area contributed by atoms with Crippen LogP contribution in [-0.4, -0.2) is 23.0 Å². The molecule has 0 aliphatic heterocycles. The molecule has 2 aromatic heterocycles. The predicted octanol–water partition coefficient (Wildman–Crippen LogP) is 2.11. The molecule has 0 amide bonds. The molecule has 0 aliphatic carbocycles. The maximum Gasteiger partial charge on any atom is 0.184 e. The minimum Gasteiger partial charge on any atom is -0.399 e. The molecule has 0 spiro atoms. The van der Waals surface area contributed by atoms with Crippen LogP contribution in [0.1, 0.15) is 12.7 Å². The number of aromatic nitrogens is 2. The van der Waals surface area contributed by atoms with Crippen LogP contribution in [0.15, 0.2) is 40.3 Å². The van der Waals surface area contributed by atoms with Crippen LogP contribution in [0, 0.1) is 0 Å². The first-order valence-corrected chi connectivity index (χ1v) is 4.76. The van der Waals surface area contributed by atoms with Gasteiger partial charge in [0.2, 0.25) is 0 Å². The van der Waals surface area contributed by atoms with Crippen molar-refractivity contribution >= 4 is 5.71 Å². The van der Waals surface area contributed by atoms with Crippen LogP contribution in [0.25, 0.3) is 11.3 Å². The van der Waals surface area contributed by atoms with Crippen molar-refractivity contribution < 1.29 is 9.36 Å². The van der Waals surface area contributed by atoms with Crippen molar-refractivity contribution in [3.63, 3.8) is 0 Å². The van der Waals surface area contributed by atoms with Gasteiger partial charge in [-0.3, -0.25) is 4.98 Å². The van der Waals surface area contributed by atoms with Gasteiger partial charge in [-0.15, -0.1) is 0 Å². The van der Waals surface area contributed by atoms with Crippen LogP contribution in [0.4, 0.5) is 0 Å². The van der Waals surface area contributed by atoms with Crippen molar-refractivity contribution in [1.29, 1.82) is 0 Å². The molecule has 5 heteroatoms. The molecule has 2 heterocycles. The second kappa shape index (κ2) is 4.57. The molecule has 0 atom stereocenters. The summed E-state index contributed by atoms with van der Waals surface area (Å²) in [5.41, 5.74) is 2.28. The third-order valence-electron chi connectivity index (χ3n) is 2.05. The largest absolute Gasteiger partial charge is 0.399 e. The summed E-state index contributed by atoms with van der Waals surface area (Å²) in [4.78, 5) is 8.68. The van der Waals surface area contributed by atoms with E-state index in [1.54, 1.807) is 25.4 Å². The van der Waals surface area contributed by atoms with Gasteiger partial charge in [-0.2, -0.15) is 0 Å². The minimum absolute atomic E-state index is 0.584. The monoisotopic (exact) mass is 217 g/mol. The summed E-state index contributed by atoms with van der Waals surface area (Å²) in [7, 11) is 1.49. The standard InChI is InChI=1S/C11H11N3O2/c1-8(13-15-2)11-6-10(14-16-11)9-4-3-5-12-7-9/h3-7H,1-2H3. The Bertz CT molecular complexity index is 491. The molecular formula is C11H11N3O2. The van der Waals surface area contributed by atoms with Crippen LogP contribution in [0.5, 0.6) is 0 Å². The zero-order valence-corrected chi connectivity index (χ0v) is 9.04. The van der Waals surface area contributed by atoms with Gasteiger partial charge in [0.15, 0.2) is 5.76 Å². The lowest BCUT2D eigenvalue weighted by Gasteiger charge is -1.91. The molecule has 0 unspecified atom stereocenters. The fourth-order valence-corrected chi connectivity index (χ4v) is 1.28. The normalized spacial score (nSPS) is 11.5. The van der Waals surface area contributed by atoms with Crippen molar-refractivity contribution in [2.75, 3.05) is 7.11 Å². The number of pyridine rings is 1. The van der Waals surface area contributed by atoms with Gasteiger partial charge in [0, 0.05) is 24.0 Å². The lowest BCUT2D eigenvalue weighted by molar-refractivity contribution is 0.212. The number of nitrogens with zero attached hydrogens (tertiary/aromatic N) is 3. The Morgan fingerprint density at radius 1 is 1.50 bits per heavy atom. The van der Waals surface area contributed by atoms with E-state index in [0.717, 1.165) is 11.3 Å². The molecule has 0 saturated heterocycles. The van der Waals surface area contributed by atoms with Crippen molar-refractivity contribution in [3.05, 3.63) is 36.4 Å². The number of oxime groups is 1. The van der Waals surface area contributed by atoms with Gasteiger partial charge < -0.3 is 9.36 Å². The second-order valence-corrected chi connectivity index (χ2v) is 3.18. The highest BCUT2D eigenvalue weighted by Gasteiger charge is 2.09. The van der Waals surface area contributed by atoms with E-state index in [1.807, 2.05) is 12.1 Å². The van der Waals surface area contributed by atoms with Crippen LogP contribution >= 0.6 is 0 Å². The van der Waals surface area contributed by atoms with E-state index >= 15 is 0 Å². The summed E-state index contributed by atoms with van der Waals surface area (Å²) in [5.74, 6) is 0.584. The maximum absolute atomic E-state index is 5.14. The molecule has 5 nitrogen and oxygen atoms in total. The lowest BCUT2D eigenvalue weighted by Crippen LogP contribution is -1.91. The van der Waals surface area contributed by atoms with E-state index in [0.29, 0.717) is 11.5 Å². The molecule has 0 aliphatic rings. The number of hydrogen-bond acceptors (Lipinski definition) is 5. The Hall–Kier alpha value is -2.17. The van der Waals surface area contributed by atoms with E-state index in [1.165, 1.54) is 7.11 Å². The van der Waals surface area contributed by atoms with Gasteiger partial charge >= 0.3 is 0 Å². The fraction of sp³-hybridized carbons (Fsp3) is 0.182. The molecule has 0 aromatic carbocycles. The predicted molar refractivity (Wildman–Crippen MR) is 59.0 cm³/mol. The third-order valence-corrected chi connectivity index (χ3v) is 2.05. The molecule has 0 radical (unpaired) electrons. The zero-order valence-electron chi connectivity index (χ0n) is 9.04. The SMILES string of the molecule is CON=C(C)c1cc(-c2cccnc2)no1. The Morgan fingerprint density at radius 3 is 3.06 bits per heavy atom. The molecule has 0 bridgehead atoms. The fourth-order valence-electron chi connectivity index (χ4n) is 1.28. The third kappa shape index (κ3) is 2.08. The Balaban J connectivity index is 2.30. The first-order chi connectivity index (χ1) is 7.81. The number of rotatable bonds is 3. The van der Waals surface area contributed by atoms with Crippen LogP contribution in [0.3, 0.4) is 0 Å². The molecule has 0 N–H and O–H groups in total. The van der Waals surface area contributed by atoms with Gasteiger partial charge in [0.1, 0.15) is 18.5 Å². The summed E-state index contributed by atoms with van der Waals surface area (Å²) in [6.45, 7) is 1.79. The second-order valence-electron chi connectivity index (χ2n) is 3.18. The van der Waals surface area contributed by atoms with E-state index in [4.69, 9.17) is 4.52 Å².